The van der Waals surface area contributed by atoms with Gasteiger partial charge in [-0.2, -0.15) is 0 Å². The summed E-state index contributed by atoms with van der Waals surface area (Å²) >= 11 is 21.6. The number of carbonyl (C=O) groups excluding carboxylic acids is 2. The second-order valence-electron chi connectivity index (χ2n) is 7.21. The molecule has 0 aliphatic heterocycles. The van der Waals surface area contributed by atoms with E-state index in [-0.39, 0.29) is 33.2 Å². The number of hydrogen-bond acceptors (Lipinski definition) is 4. The Labute approximate surface area is 217 Å². The maximum atomic E-state index is 13.4. The van der Waals surface area contributed by atoms with Crippen LogP contribution in [0.3, 0.4) is 0 Å². The third-order valence-electron chi connectivity index (χ3n) is 4.70. The van der Waals surface area contributed by atoms with Crippen molar-refractivity contribution in [3.05, 3.63) is 61.5 Å². The number of rotatable bonds is 9. The maximum Gasteiger partial charge on any atom is 0.244 e. The molecular weight excluding hydrogens is 577 g/mol. The monoisotopic (exact) mass is 597 g/mol. The van der Waals surface area contributed by atoms with Gasteiger partial charge < -0.3 is 10.2 Å². The Hall–Kier alpha value is -1.52. The lowest BCUT2D eigenvalue weighted by Gasteiger charge is -2.31. The van der Waals surface area contributed by atoms with E-state index in [1.807, 2.05) is 12.1 Å². The van der Waals surface area contributed by atoms with Crippen molar-refractivity contribution in [2.75, 3.05) is 23.7 Å². The molecule has 0 aliphatic carbocycles. The van der Waals surface area contributed by atoms with Gasteiger partial charge in [0.05, 0.1) is 27.0 Å². The van der Waals surface area contributed by atoms with Gasteiger partial charge in [-0.05, 0) is 43.7 Å². The number of likely N-dealkylation sites (N-methyl/N-ethyl adjacent to an activating group) is 1. The van der Waals surface area contributed by atoms with Gasteiger partial charge in [-0.1, -0.05) is 62.9 Å². The fourth-order valence-electron chi connectivity index (χ4n) is 3.03. The van der Waals surface area contributed by atoms with Crippen LogP contribution >= 0.6 is 50.7 Å². The molecule has 0 radical (unpaired) electrons. The molecule has 180 valence electrons. The lowest BCUT2D eigenvalue weighted by molar-refractivity contribution is -0.139. The smallest absolute Gasteiger partial charge is 0.244 e. The summed E-state index contributed by atoms with van der Waals surface area (Å²) in [6.45, 7) is 3.23. The summed E-state index contributed by atoms with van der Waals surface area (Å²) in [6, 6.07) is 8.99. The molecule has 0 bridgehead atoms. The number of sulfonamides is 1. The average Bonchev–Trinajstić information content (AvgIpc) is 2.72. The van der Waals surface area contributed by atoms with Crippen LogP contribution in [0.2, 0.25) is 15.1 Å². The fraction of sp³-hybridized carbons (Fsp3) is 0.333. The van der Waals surface area contributed by atoms with Crippen LogP contribution in [0.15, 0.2) is 40.9 Å². The van der Waals surface area contributed by atoms with E-state index in [9.17, 15) is 18.0 Å². The molecule has 0 fully saturated rings. The largest absolute Gasteiger partial charge is 0.355 e. The van der Waals surface area contributed by atoms with Crippen molar-refractivity contribution in [1.82, 2.24) is 10.2 Å². The Balaban J connectivity index is 2.46. The topological polar surface area (TPSA) is 86.8 Å². The molecule has 0 aliphatic rings. The number of benzene rings is 2. The minimum Gasteiger partial charge on any atom is -0.355 e. The van der Waals surface area contributed by atoms with E-state index >= 15 is 0 Å². The van der Waals surface area contributed by atoms with Crippen molar-refractivity contribution in [3.63, 3.8) is 0 Å². The van der Waals surface area contributed by atoms with Gasteiger partial charge in [0.2, 0.25) is 21.8 Å². The van der Waals surface area contributed by atoms with Gasteiger partial charge in [-0.25, -0.2) is 8.42 Å². The number of anilines is 1. The van der Waals surface area contributed by atoms with E-state index in [0.29, 0.717) is 6.54 Å². The predicted molar refractivity (Wildman–Crippen MR) is 136 cm³/mol. The van der Waals surface area contributed by atoms with Gasteiger partial charge in [0.15, 0.2) is 0 Å². The van der Waals surface area contributed by atoms with Crippen molar-refractivity contribution in [3.8, 4) is 0 Å². The molecule has 0 saturated carbocycles. The molecule has 2 aromatic carbocycles. The van der Waals surface area contributed by atoms with Crippen molar-refractivity contribution >= 4 is 78.3 Å². The summed E-state index contributed by atoms with van der Waals surface area (Å²) < 4.78 is 26.8. The summed E-state index contributed by atoms with van der Waals surface area (Å²) in [5, 5.41) is 2.93. The molecule has 0 spiro atoms. The highest BCUT2D eigenvalue weighted by molar-refractivity contribution is 9.10. The molecule has 12 heteroatoms. The number of amides is 2. The molecule has 1 atom stereocenters. The Bertz CT molecular complexity index is 1150. The molecule has 7 nitrogen and oxygen atoms in total. The van der Waals surface area contributed by atoms with Gasteiger partial charge in [0.25, 0.3) is 0 Å². The lowest BCUT2D eigenvalue weighted by atomic mass is 10.1. The Morgan fingerprint density at radius 1 is 1.09 bits per heavy atom. The SMILES string of the molecule is CCNC(=O)C(C)N(Cc1cccc(Br)c1)C(=O)CN(c1cc(Cl)c(Cl)cc1Cl)S(C)(=O)=O. The molecule has 33 heavy (non-hydrogen) atoms. The maximum absolute atomic E-state index is 13.4. The van der Waals surface area contributed by atoms with Crippen LogP contribution in [0, 0.1) is 0 Å². The van der Waals surface area contributed by atoms with Crippen LogP contribution in [0.1, 0.15) is 19.4 Å². The number of hydrogen-bond donors (Lipinski definition) is 1. The summed E-state index contributed by atoms with van der Waals surface area (Å²) in [6.07, 6.45) is 0.949. The third-order valence-corrected chi connectivity index (χ3v) is 7.34. The standard InChI is InChI=1S/C21H23BrCl3N3O4S/c1-4-26-21(30)13(2)27(11-14-6-5-7-15(22)8-14)20(29)12-28(33(3,31)32)19-10-17(24)16(23)9-18(19)25/h5-10,13H,4,11-12H2,1-3H3,(H,26,30). The predicted octanol–water partition coefficient (Wildman–Crippen LogP) is 4.73. The van der Waals surface area contributed by atoms with Gasteiger partial charge in [0, 0.05) is 17.6 Å². The number of nitrogens with one attached hydrogen (secondary N) is 1. The zero-order chi connectivity index (χ0) is 24.9. The summed E-state index contributed by atoms with van der Waals surface area (Å²) in [5.74, 6) is -0.958. The first-order valence-electron chi connectivity index (χ1n) is 9.79. The van der Waals surface area contributed by atoms with Crippen LogP contribution in [0.25, 0.3) is 0 Å². The number of nitrogens with zero attached hydrogens (tertiary/aromatic N) is 2. The molecule has 1 N–H and O–H groups in total. The normalized spacial score (nSPS) is 12.2. The first-order valence-corrected chi connectivity index (χ1v) is 13.6. The van der Waals surface area contributed by atoms with E-state index in [1.165, 1.54) is 17.0 Å². The molecule has 2 amide bonds. The zero-order valence-electron chi connectivity index (χ0n) is 18.1. The summed E-state index contributed by atoms with van der Waals surface area (Å²) in [7, 11) is -3.94. The van der Waals surface area contributed by atoms with Crippen molar-refractivity contribution in [2.24, 2.45) is 0 Å². The summed E-state index contributed by atoms with van der Waals surface area (Å²) in [5.41, 5.74) is 0.766. The Morgan fingerprint density at radius 2 is 1.73 bits per heavy atom. The van der Waals surface area contributed by atoms with Gasteiger partial charge >= 0.3 is 0 Å². The first-order chi connectivity index (χ1) is 15.3. The molecule has 2 rings (SSSR count). The fourth-order valence-corrected chi connectivity index (χ4v) is 5.03. The average molecular weight is 600 g/mol. The third kappa shape index (κ3) is 7.48. The molecule has 0 saturated heterocycles. The lowest BCUT2D eigenvalue weighted by Crippen LogP contribution is -2.51. The van der Waals surface area contributed by atoms with E-state index in [2.05, 4.69) is 21.2 Å². The highest BCUT2D eigenvalue weighted by atomic mass is 79.9. The molecule has 2 aromatic rings. The minimum absolute atomic E-state index is 0.00925. The van der Waals surface area contributed by atoms with Gasteiger partial charge in [-0.15, -0.1) is 0 Å². The second kappa shape index (κ2) is 11.8. The molecule has 1 unspecified atom stereocenters. The van der Waals surface area contributed by atoms with Crippen LogP contribution in [0.5, 0.6) is 0 Å². The summed E-state index contributed by atoms with van der Waals surface area (Å²) in [4.78, 5) is 27.3. The van der Waals surface area contributed by atoms with E-state index in [4.69, 9.17) is 34.8 Å². The Morgan fingerprint density at radius 3 is 2.30 bits per heavy atom. The Kier molecular flexibility index (Phi) is 9.87. The van der Waals surface area contributed by atoms with Gasteiger partial charge in [0.1, 0.15) is 12.6 Å². The van der Waals surface area contributed by atoms with Gasteiger partial charge in [-0.3, -0.25) is 13.9 Å². The highest BCUT2D eigenvalue weighted by Crippen LogP contribution is 2.35. The quantitative estimate of drug-likeness (QED) is 0.423. The highest BCUT2D eigenvalue weighted by Gasteiger charge is 2.31. The number of halogens is 4. The van der Waals surface area contributed by atoms with Crippen molar-refractivity contribution in [2.45, 2.75) is 26.4 Å². The van der Waals surface area contributed by atoms with Crippen molar-refractivity contribution in [1.29, 1.82) is 0 Å². The molecule has 0 heterocycles. The zero-order valence-corrected chi connectivity index (χ0v) is 22.8. The van der Waals surface area contributed by atoms with E-state index in [0.717, 1.165) is 20.6 Å². The first kappa shape index (κ1) is 27.7. The van der Waals surface area contributed by atoms with Crippen LogP contribution in [-0.4, -0.2) is 50.5 Å². The molecular formula is C21H23BrCl3N3O4S. The number of carbonyl (C=O) groups is 2. The van der Waals surface area contributed by atoms with Crippen molar-refractivity contribution < 1.29 is 18.0 Å². The van der Waals surface area contributed by atoms with E-state index in [1.54, 1.807) is 26.0 Å². The molecule has 0 aromatic heterocycles. The van der Waals surface area contributed by atoms with E-state index < -0.39 is 28.5 Å². The minimum atomic E-state index is -3.94. The van der Waals surface area contributed by atoms with Crippen LogP contribution in [-0.2, 0) is 26.2 Å². The van der Waals surface area contributed by atoms with Crippen LogP contribution in [0.4, 0.5) is 5.69 Å². The second-order valence-corrected chi connectivity index (χ2v) is 11.3. The van der Waals surface area contributed by atoms with Crippen LogP contribution < -0.4 is 9.62 Å².